The lowest BCUT2D eigenvalue weighted by molar-refractivity contribution is -0.132. The van der Waals surface area contributed by atoms with Crippen molar-refractivity contribution in [1.82, 2.24) is 0 Å². The molecule has 8 nitrogen and oxygen atoms in total. The maximum atomic E-state index is 13.1. The van der Waals surface area contributed by atoms with Gasteiger partial charge in [0.15, 0.2) is 11.5 Å². The van der Waals surface area contributed by atoms with Crippen LogP contribution in [0, 0.1) is 0 Å². The fourth-order valence-corrected chi connectivity index (χ4v) is 3.70. The molecule has 0 bridgehead atoms. The zero-order chi connectivity index (χ0) is 22.8. The molecular formula is C24H21NO7. The van der Waals surface area contributed by atoms with Crippen LogP contribution in [0.25, 0.3) is 5.76 Å². The highest BCUT2D eigenvalue weighted by Crippen LogP contribution is 2.43. The van der Waals surface area contributed by atoms with Gasteiger partial charge in [-0.1, -0.05) is 0 Å². The number of carbonyl (C=O) groups excluding carboxylic acids is 2. The second-order valence-electron chi connectivity index (χ2n) is 6.95. The average molecular weight is 435 g/mol. The van der Waals surface area contributed by atoms with Gasteiger partial charge in [-0.15, -0.1) is 0 Å². The zero-order valence-corrected chi connectivity index (χ0v) is 17.7. The summed E-state index contributed by atoms with van der Waals surface area (Å²) in [5.41, 5.74) is 0.667. The van der Waals surface area contributed by atoms with E-state index in [1.807, 2.05) is 0 Å². The van der Waals surface area contributed by atoms with Gasteiger partial charge in [0.25, 0.3) is 11.7 Å². The number of methoxy groups -OCH3 is 3. The summed E-state index contributed by atoms with van der Waals surface area (Å²) in [6.07, 6.45) is 1.44. The van der Waals surface area contributed by atoms with Crippen LogP contribution in [0.5, 0.6) is 17.2 Å². The molecule has 1 amide bonds. The van der Waals surface area contributed by atoms with Crippen LogP contribution in [-0.4, -0.2) is 38.1 Å². The molecule has 1 N–H and O–H groups in total. The molecule has 1 saturated heterocycles. The number of benzene rings is 2. The quantitative estimate of drug-likeness (QED) is 0.356. The van der Waals surface area contributed by atoms with E-state index < -0.39 is 17.7 Å². The van der Waals surface area contributed by atoms with Crippen molar-refractivity contribution in [2.75, 3.05) is 26.2 Å². The van der Waals surface area contributed by atoms with Gasteiger partial charge in [0.1, 0.15) is 23.3 Å². The lowest BCUT2D eigenvalue weighted by Crippen LogP contribution is -2.29. The Kier molecular flexibility index (Phi) is 5.59. The van der Waals surface area contributed by atoms with Gasteiger partial charge in [-0.2, -0.15) is 0 Å². The van der Waals surface area contributed by atoms with Gasteiger partial charge >= 0.3 is 0 Å². The number of carbonyl (C=O) groups is 2. The molecule has 1 fully saturated rings. The number of aliphatic hydroxyl groups excluding tert-OH is 1. The number of aliphatic hydroxyl groups is 1. The van der Waals surface area contributed by atoms with Crippen LogP contribution in [0.1, 0.15) is 17.4 Å². The van der Waals surface area contributed by atoms with Crippen LogP contribution < -0.4 is 19.1 Å². The minimum absolute atomic E-state index is 0.0898. The van der Waals surface area contributed by atoms with Crippen molar-refractivity contribution in [2.24, 2.45) is 0 Å². The van der Waals surface area contributed by atoms with Crippen molar-refractivity contribution in [3.8, 4) is 17.2 Å². The molecule has 0 saturated carbocycles. The van der Waals surface area contributed by atoms with Crippen LogP contribution in [0.2, 0.25) is 0 Å². The van der Waals surface area contributed by atoms with Gasteiger partial charge in [0, 0.05) is 11.3 Å². The van der Waals surface area contributed by atoms with Crippen molar-refractivity contribution < 1.29 is 33.3 Å². The summed E-state index contributed by atoms with van der Waals surface area (Å²) in [5, 5.41) is 11.1. The fraction of sp³-hybridized carbons (Fsp3) is 0.167. The first-order valence-corrected chi connectivity index (χ1v) is 9.71. The molecule has 8 heteroatoms. The Morgan fingerprint density at radius 2 is 1.66 bits per heavy atom. The summed E-state index contributed by atoms with van der Waals surface area (Å²) >= 11 is 0. The van der Waals surface area contributed by atoms with Gasteiger partial charge in [-0.3, -0.25) is 14.5 Å². The van der Waals surface area contributed by atoms with Crippen LogP contribution in [0.4, 0.5) is 5.69 Å². The molecule has 1 aliphatic rings. The first-order chi connectivity index (χ1) is 15.5. The average Bonchev–Trinajstić information content (AvgIpc) is 3.45. The first kappa shape index (κ1) is 21.0. The summed E-state index contributed by atoms with van der Waals surface area (Å²) in [4.78, 5) is 27.4. The van der Waals surface area contributed by atoms with Crippen LogP contribution in [0.3, 0.4) is 0 Å². The predicted molar refractivity (Wildman–Crippen MR) is 116 cm³/mol. The number of hydrogen-bond donors (Lipinski definition) is 1. The maximum Gasteiger partial charge on any atom is 0.300 e. The van der Waals surface area contributed by atoms with E-state index in [9.17, 15) is 14.7 Å². The molecule has 1 aliphatic heterocycles. The maximum absolute atomic E-state index is 13.1. The lowest BCUT2D eigenvalue weighted by Gasteiger charge is -2.23. The third-order valence-electron chi connectivity index (χ3n) is 5.26. The van der Waals surface area contributed by atoms with E-state index in [4.69, 9.17) is 18.6 Å². The number of hydrogen-bond acceptors (Lipinski definition) is 7. The smallest absolute Gasteiger partial charge is 0.300 e. The SMILES string of the molecule is COc1ccc(N2C(=O)C(=O)/C(=C(\O)c3ccc(OC)c(OC)c3)C2c2ccco2)cc1. The van der Waals surface area contributed by atoms with Gasteiger partial charge in [-0.05, 0) is 54.6 Å². The van der Waals surface area contributed by atoms with E-state index >= 15 is 0 Å². The molecule has 164 valence electrons. The van der Waals surface area contributed by atoms with Crippen molar-refractivity contribution in [2.45, 2.75) is 6.04 Å². The van der Waals surface area contributed by atoms with Crippen molar-refractivity contribution in [3.05, 3.63) is 77.8 Å². The number of furan rings is 1. The van der Waals surface area contributed by atoms with E-state index in [0.717, 1.165) is 0 Å². The number of ketones is 1. The standard InChI is InChI=1S/C24H21NO7/c1-29-16-9-7-15(8-10-16)25-21(18-5-4-12-32-18)20(23(27)24(25)28)22(26)14-6-11-17(30-2)19(13-14)31-3/h4-13,21,26H,1-3H3/b22-20-. The van der Waals surface area contributed by atoms with Crippen molar-refractivity contribution >= 4 is 23.1 Å². The summed E-state index contributed by atoms with van der Waals surface area (Å²) in [7, 11) is 4.50. The Hall–Kier alpha value is -4.20. The van der Waals surface area contributed by atoms with E-state index in [2.05, 4.69) is 0 Å². The van der Waals surface area contributed by atoms with E-state index in [0.29, 0.717) is 34.3 Å². The Morgan fingerprint density at radius 1 is 0.938 bits per heavy atom. The number of amides is 1. The Morgan fingerprint density at radius 3 is 2.25 bits per heavy atom. The molecular weight excluding hydrogens is 414 g/mol. The molecule has 1 unspecified atom stereocenters. The molecule has 0 aliphatic carbocycles. The number of rotatable bonds is 6. The molecule has 4 rings (SSSR count). The second-order valence-corrected chi connectivity index (χ2v) is 6.95. The second kappa shape index (κ2) is 8.50. The third-order valence-corrected chi connectivity index (χ3v) is 5.26. The summed E-state index contributed by atoms with van der Waals surface area (Å²) in [5.74, 6) is -0.178. The Bertz CT molecular complexity index is 1180. The number of ether oxygens (including phenoxy) is 3. The van der Waals surface area contributed by atoms with E-state index in [-0.39, 0.29) is 11.3 Å². The van der Waals surface area contributed by atoms with Crippen LogP contribution in [0.15, 0.2) is 70.9 Å². The van der Waals surface area contributed by atoms with Crippen LogP contribution in [-0.2, 0) is 9.59 Å². The van der Waals surface area contributed by atoms with Gasteiger partial charge in [-0.25, -0.2) is 0 Å². The minimum Gasteiger partial charge on any atom is -0.507 e. The highest BCUT2D eigenvalue weighted by atomic mass is 16.5. The Balaban J connectivity index is 1.88. The number of Topliss-reactive ketones (excluding diaryl/α,β-unsaturated/α-hetero) is 1. The molecule has 1 aromatic heterocycles. The lowest BCUT2D eigenvalue weighted by atomic mass is 9.99. The first-order valence-electron chi connectivity index (χ1n) is 9.71. The van der Waals surface area contributed by atoms with Crippen molar-refractivity contribution in [1.29, 1.82) is 0 Å². The summed E-state index contributed by atoms with van der Waals surface area (Å²) in [6.45, 7) is 0. The molecule has 2 aromatic carbocycles. The van der Waals surface area contributed by atoms with Gasteiger partial charge < -0.3 is 23.7 Å². The molecule has 0 spiro atoms. The topological polar surface area (TPSA) is 98.4 Å². The number of anilines is 1. The normalized spacial score (nSPS) is 17.5. The van der Waals surface area contributed by atoms with Crippen LogP contribution >= 0.6 is 0 Å². The monoisotopic (exact) mass is 435 g/mol. The molecule has 2 heterocycles. The third kappa shape index (κ3) is 3.45. The van der Waals surface area contributed by atoms with E-state index in [1.54, 1.807) is 48.5 Å². The molecule has 1 atom stereocenters. The largest absolute Gasteiger partial charge is 0.507 e. The summed E-state index contributed by atoms with van der Waals surface area (Å²) in [6, 6.07) is 13.8. The Labute approximate surface area is 184 Å². The molecule has 32 heavy (non-hydrogen) atoms. The summed E-state index contributed by atoms with van der Waals surface area (Å²) < 4.78 is 21.3. The molecule has 0 radical (unpaired) electrons. The van der Waals surface area contributed by atoms with Gasteiger partial charge in [0.2, 0.25) is 0 Å². The fourth-order valence-electron chi connectivity index (χ4n) is 3.70. The van der Waals surface area contributed by atoms with Gasteiger partial charge in [0.05, 0.1) is 33.2 Å². The zero-order valence-electron chi connectivity index (χ0n) is 17.7. The molecule has 3 aromatic rings. The predicted octanol–water partition coefficient (Wildman–Crippen LogP) is 3.93. The highest BCUT2D eigenvalue weighted by molar-refractivity contribution is 6.51. The minimum atomic E-state index is -0.952. The number of nitrogens with zero attached hydrogens (tertiary/aromatic N) is 1. The van der Waals surface area contributed by atoms with Crippen molar-refractivity contribution in [3.63, 3.8) is 0 Å². The van der Waals surface area contributed by atoms with E-state index in [1.165, 1.54) is 38.6 Å². The highest BCUT2D eigenvalue weighted by Gasteiger charge is 2.48.